The minimum atomic E-state index is -0.306. The molecule has 4 nitrogen and oxygen atoms in total. The lowest BCUT2D eigenvalue weighted by atomic mass is 10.0. The quantitative estimate of drug-likeness (QED) is 0.771. The molecule has 5 N–H and O–H groups in total. The van der Waals surface area contributed by atoms with Crippen LogP contribution in [0.2, 0.25) is 0 Å². The summed E-state index contributed by atoms with van der Waals surface area (Å²) in [5.74, 6) is -0.306. The van der Waals surface area contributed by atoms with Gasteiger partial charge >= 0.3 is 0 Å². The summed E-state index contributed by atoms with van der Waals surface area (Å²) in [6.07, 6.45) is 3.07. The van der Waals surface area contributed by atoms with Crippen molar-refractivity contribution in [1.82, 2.24) is 10.3 Å². The summed E-state index contributed by atoms with van der Waals surface area (Å²) < 4.78 is 13.5. The summed E-state index contributed by atoms with van der Waals surface area (Å²) in [7, 11) is 1.81. The molecular formula is C13H15FN4. The molecule has 0 unspecified atom stereocenters. The first-order chi connectivity index (χ1) is 8.61. The number of rotatable bonds is 3. The number of nitrogens with two attached hydrogens (primary N) is 2. The van der Waals surface area contributed by atoms with Crippen molar-refractivity contribution in [2.75, 3.05) is 18.5 Å². The predicted molar refractivity (Wildman–Crippen MR) is 71.2 cm³/mol. The van der Waals surface area contributed by atoms with E-state index in [0.29, 0.717) is 29.0 Å². The van der Waals surface area contributed by atoms with Crippen LogP contribution < -0.4 is 16.8 Å². The fraction of sp³-hybridized carbons (Fsp3) is 0.154. The first-order valence-electron chi connectivity index (χ1n) is 5.55. The van der Waals surface area contributed by atoms with E-state index in [2.05, 4.69) is 10.3 Å². The van der Waals surface area contributed by atoms with Gasteiger partial charge in [0, 0.05) is 18.3 Å². The van der Waals surface area contributed by atoms with Crippen molar-refractivity contribution in [3.63, 3.8) is 0 Å². The summed E-state index contributed by atoms with van der Waals surface area (Å²) >= 11 is 0. The van der Waals surface area contributed by atoms with Gasteiger partial charge in [0.25, 0.3) is 0 Å². The van der Waals surface area contributed by atoms with Gasteiger partial charge in [0.15, 0.2) is 0 Å². The maximum Gasteiger partial charge on any atom is 0.124 e. The highest BCUT2D eigenvalue weighted by Gasteiger charge is 2.08. The SMILES string of the molecule is CNCc1cc(F)cc(-c2cncc(N)c2N)c1. The predicted octanol–water partition coefficient (Wildman–Crippen LogP) is 1.77. The largest absolute Gasteiger partial charge is 0.396 e. The summed E-state index contributed by atoms with van der Waals surface area (Å²) in [4.78, 5) is 3.98. The van der Waals surface area contributed by atoms with Crippen LogP contribution in [-0.2, 0) is 6.54 Å². The van der Waals surface area contributed by atoms with E-state index in [-0.39, 0.29) is 5.82 Å². The molecule has 0 aliphatic heterocycles. The number of benzene rings is 1. The second-order valence-electron chi connectivity index (χ2n) is 4.07. The molecule has 0 aliphatic carbocycles. The van der Waals surface area contributed by atoms with Gasteiger partial charge in [-0.1, -0.05) is 0 Å². The smallest absolute Gasteiger partial charge is 0.124 e. The van der Waals surface area contributed by atoms with Crippen molar-refractivity contribution < 1.29 is 4.39 Å². The molecule has 0 aliphatic rings. The highest BCUT2D eigenvalue weighted by atomic mass is 19.1. The van der Waals surface area contributed by atoms with Crippen LogP contribution in [0.3, 0.4) is 0 Å². The summed E-state index contributed by atoms with van der Waals surface area (Å²) in [6, 6.07) is 4.77. The fourth-order valence-corrected chi connectivity index (χ4v) is 1.83. The van der Waals surface area contributed by atoms with Crippen LogP contribution in [0.15, 0.2) is 30.6 Å². The number of pyridine rings is 1. The zero-order valence-electron chi connectivity index (χ0n) is 10.1. The van der Waals surface area contributed by atoms with Crippen molar-refractivity contribution in [2.24, 2.45) is 0 Å². The molecule has 0 bridgehead atoms. The average Bonchev–Trinajstić information content (AvgIpc) is 2.32. The van der Waals surface area contributed by atoms with Crippen molar-refractivity contribution in [3.05, 3.63) is 42.0 Å². The van der Waals surface area contributed by atoms with Crippen LogP contribution in [-0.4, -0.2) is 12.0 Å². The van der Waals surface area contributed by atoms with Crippen LogP contribution in [0.5, 0.6) is 0 Å². The van der Waals surface area contributed by atoms with Gasteiger partial charge in [0.1, 0.15) is 5.82 Å². The lowest BCUT2D eigenvalue weighted by Gasteiger charge is -2.09. The summed E-state index contributed by atoms with van der Waals surface area (Å²) in [6.45, 7) is 0.584. The number of aromatic nitrogens is 1. The van der Waals surface area contributed by atoms with Crippen molar-refractivity contribution in [1.29, 1.82) is 0 Å². The van der Waals surface area contributed by atoms with E-state index >= 15 is 0 Å². The van der Waals surface area contributed by atoms with E-state index in [1.54, 1.807) is 13.2 Å². The lowest BCUT2D eigenvalue weighted by molar-refractivity contribution is 0.624. The van der Waals surface area contributed by atoms with Gasteiger partial charge in [-0.3, -0.25) is 4.98 Å². The summed E-state index contributed by atoms with van der Waals surface area (Å²) in [5, 5.41) is 2.98. The molecule has 2 aromatic rings. The Kier molecular flexibility index (Phi) is 3.43. The Bertz CT molecular complexity index is 569. The van der Waals surface area contributed by atoms with E-state index in [1.807, 2.05) is 6.07 Å². The monoisotopic (exact) mass is 246 g/mol. The Balaban J connectivity index is 2.53. The van der Waals surface area contributed by atoms with Crippen LogP contribution in [0, 0.1) is 5.82 Å². The Morgan fingerprint density at radius 1 is 1.22 bits per heavy atom. The van der Waals surface area contributed by atoms with Gasteiger partial charge in [-0.25, -0.2) is 4.39 Å². The molecule has 1 aromatic carbocycles. The maximum absolute atomic E-state index is 13.5. The first-order valence-corrected chi connectivity index (χ1v) is 5.55. The molecule has 18 heavy (non-hydrogen) atoms. The molecular weight excluding hydrogens is 231 g/mol. The number of halogens is 1. The van der Waals surface area contributed by atoms with Gasteiger partial charge in [-0.05, 0) is 36.4 Å². The molecule has 0 radical (unpaired) electrons. The first kappa shape index (κ1) is 12.3. The molecule has 1 heterocycles. The van der Waals surface area contributed by atoms with E-state index in [9.17, 15) is 4.39 Å². The van der Waals surface area contributed by atoms with Crippen LogP contribution >= 0.6 is 0 Å². The number of nitrogens with zero attached hydrogens (tertiary/aromatic N) is 1. The topological polar surface area (TPSA) is 77.0 Å². The molecule has 1 aromatic heterocycles. The number of nitrogen functional groups attached to an aromatic ring is 2. The molecule has 2 rings (SSSR count). The maximum atomic E-state index is 13.5. The highest BCUT2D eigenvalue weighted by Crippen LogP contribution is 2.30. The van der Waals surface area contributed by atoms with Gasteiger partial charge in [0.05, 0.1) is 17.6 Å². The standard InChI is InChI=1S/C13H15FN4/c1-17-5-8-2-9(4-10(14)3-8)11-6-18-7-12(15)13(11)16/h2-4,6-7,17H,5,15H2,1H3,(H2,16,18). The molecule has 0 fully saturated rings. The molecule has 94 valence electrons. The minimum Gasteiger partial charge on any atom is -0.396 e. The molecule has 5 heteroatoms. The van der Waals surface area contributed by atoms with Crippen molar-refractivity contribution >= 4 is 11.4 Å². The van der Waals surface area contributed by atoms with Crippen molar-refractivity contribution in [2.45, 2.75) is 6.54 Å². The van der Waals surface area contributed by atoms with E-state index in [0.717, 1.165) is 5.56 Å². The normalized spacial score (nSPS) is 10.6. The Labute approximate surface area is 105 Å². The zero-order valence-corrected chi connectivity index (χ0v) is 10.1. The number of hydrogen-bond donors (Lipinski definition) is 3. The third-order valence-corrected chi connectivity index (χ3v) is 2.67. The molecule has 0 spiro atoms. The van der Waals surface area contributed by atoms with Crippen molar-refractivity contribution in [3.8, 4) is 11.1 Å². The molecule has 0 saturated carbocycles. The fourth-order valence-electron chi connectivity index (χ4n) is 1.83. The molecule has 0 saturated heterocycles. The lowest BCUT2D eigenvalue weighted by Crippen LogP contribution is -2.05. The van der Waals surface area contributed by atoms with E-state index in [1.165, 1.54) is 18.3 Å². The Hall–Kier alpha value is -2.14. The van der Waals surface area contributed by atoms with E-state index in [4.69, 9.17) is 11.5 Å². The number of anilines is 2. The third kappa shape index (κ3) is 2.41. The van der Waals surface area contributed by atoms with Gasteiger partial charge in [0.2, 0.25) is 0 Å². The van der Waals surface area contributed by atoms with Gasteiger partial charge in [-0.15, -0.1) is 0 Å². The van der Waals surface area contributed by atoms with Crippen LogP contribution in [0.4, 0.5) is 15.8 Å². The highest BCUT2D eigenvalue weighted by molar-refractivity contribution is 5.83. The number of hydrogen-bond acceptors (Lipinski definition) is 4. The van der Waals surface area contributed by atoms with Gasteiger partial charge < -0.3 is 16.8 Å². The average molecular weight is 246 g/mol. The number of nitrogens with one attached hydrogen (secondary N) is 1. The second kappa shape index (κ2) is 5.01. The van der Waals surface area contributed by atoms with Gasteiger partial charge in [-0.2, -0.15) is 0 Å². The molecule has 0 amide bonds. The molecule has 0 atom stereocenters. The van der Waals surface area contributed by atoms with Crippen LogP contribution in [0.25, 0.3) is 11.1 Å². The third-order valence-electron chi connectivity index (χ3n) is 2.67. The van der Waals surface area contributed by atoms with E-state index < -0.39 is 0 Å². The Morgan fingerprint density at radius 2 is 2.00 bits per heavy atom. The Morgan fingerprint density at radius 3 is 2.72 bits per heavy atom. The van der Waals surface area contributed by atoms with Crippen LogP contribution in [0.1, 0.15) is 5.56 Å². The zero-order chi connectivity index (χ0) is 13.1. The summed E-state index contributed by atoms with van der Waals surface area (Å²) in [5.41, 5.74) is 14.6. The minimum absolute atomic E-state index is 0.306. The second-order valence-corrected chi connectivity index (χ2v) is 4.07.